The van der Waals surface area contributed by atoms with Crippen LogP contribution in [0.1, 0.15) is 30.5 Å². The van der Waals surface area contributed by atoms with E-state index in [-0.39, 0.29) is 5.41 Å². The molecule has 0 unspecified atom stereocenters. The summed E-state index contributed by atoms with van der Waals surface area (Å²) in [6, 6.07) is 24.3. The molecule has 0 N–H and O–H groups in total. The largest absolute Gasteiger partial charge is 0.283 e. The standard InChI is InChI=1S/C22H20IN/c1-15-8-10-16(11-9-15)24(23)17-12-13-19-18-6-4-5-7-20(18)22(2,3)21(19)14-17/h4-14H,1-3H3. The van der Waals surface area contributed by atoms with E-state index in [1.165, 1.54) is 39.2 Å². The highest BCUT2D eigenvalue weighted by Crippen LogP contribution is 2.50. The van der Waals surface area contributed by atoms with Gasteiger partial charge in [0, 0.05) is 5.41 Å². The van der Waals surface area contributed by atoms with E-state index in [1.54, 1.807) is 0 Å². The lowest BCUT2D eigenvalue weighted by atomic mass is 9.82. The van der Waals surface area contributed by atoms with E-state index < -0.39 is 0 Å². The Bertz CT molecular complexity index is 910. The minimum atomic E-state index is 0.0483. The van der Waals surface area contributed by atoms with E-state index >= 15 is 0 Å². The summed E-state index contributed by atoms with van der Waals surface area (Å²) in [5.41, 5.74) is 9.34. The number of fused-ring (bicyclic) bond motifs is 3. The number of anilines is 2. The zero-order valence-corrected chi connectivity index (χ0v) is 16.3. The number of rotatable bonds is 2. The molecule has 3 aromatic rings. The van der Waals surface area contributed by atoms with Crippen LogP contribution in [0.5, 0.6) is 0 Å². The van der Waals surface area contributed by atoms with E-state index in [9.17, 15) is 0 Å². The van der Waals surface area contributed by atoms with Gasteiger partial charge in [0.15, 0.2) is 0 Å². The van der Waals surface area contributed by atoms with Gasteiger partial charge in [0.1, 0.15) is 0 Å². The summed E-state index contributed by atoms with van der Waals surface area (Å²) in [6.07, 6.45) is 0. The van der Waals surface area contributed by atoms with Crippen molar-refractivity contribution in [3.05, 3.63) is 83.4 Å². The minimum absolute atomic E-state index is 0.0483. The lowest BCUT2D eigenvalue weighted by Gasteiger charge is -2.24. The molecule has 4 rings (SSSR count). The topological polar surface area (TPSA) is 3.24 Å². The number of benzene rings is 3. The van der Waals surface area contributed by atoms with E-state index in [2.05, 4.69) is 113 Å². The first-order valence-corrected chi connectivity index (χ1v) is 9.22. The monoisotopic (exact) mass is 425 g/mol. The number of hydrogen-bond acceptors (Lipinski definition) is 1. The minimum Gasteiger partial charge on any atom is -0.283 e. The van der Waals surface area contributed by atoms with Gasteiger partial charge in [-0.2, -0.15) is 0 Å². The molecule has 1 nitrogen and oxygen atoms in total. The van der Waals surface area contributed by atoms with E-state index in [0.717, 1.165) is 0 Å². The van der Waals surface area contributed by atoms with Crippen molar-refractivity contribution in [2.24, 2.45) is 0 Å². The summed E-state index contributed by atoms with van der Waals surface area (Å²) in [6.45, 7) is 6.77. The quantitative estimate of drug-likeness (QED) is 0.323. The number of aryl methyl sites for hydroxylation is 1. The molecule has 0 radical (unpaired) electrons. The molecule has 0 saturated carbocycles. The molecule has 0 atom stereocenters. The van der Waals surface area contributed by atoms with Crippen LogP contribution in [-0.4, -0.2) is 0 Å². The van der Waals surface area contributed by atoms with Crippen molar-refractivity contribution in [3.8, 4) is 11.1 Å². The van der Waals surface area contributed by atoms with Crippen LogP contribution in [0.25, 0.3) is 11.1 Å². The fraction of sp³-hybridized carbons (Fsp3) is 0.182. The molecule has 24 heavy (non-hydrogen) atoms. The first-order chi connectivity index (χ1) is 11.5. The SMILES string of the molecule is Cc1ccc(N(I)c2ccc3c(c2)C(C)(C)c2ccccc2-3)cc1. The fourth-order valence-corrected chi connectivity index (χ4v) is 4.26. The molecule has 0 aliphatic heterocycles. The van der Waals surface area contributed by atoms with Gasteiger partial charge in [-0.3, -0.25) is 3.11 Å². The third kappa shape index (κ3) is 2.35. The first kappa shape index (κ1) is 15.7. The van der Waals surface area contributed by atoms with Crippen molar-refractivity contribution in [3.63, 3.8) is 0 Å². The second-order valence-corrected chi connectivity index (χ2v) is 7.98. The first-order valence-electron chi connectivity index (χ1n) is 8.25. The van der Waals surface area contributed by atoms with E-state index in [4.69, 9.17) is 0 Å². The maximum Gasteiger partial charge on any atom is 0.0646 e. The number of halogens is 1. The average Bonchev–Trinajstić information content (AvgIpc) is 2.83. The van der Waals surface area contributed by atoms with Gasteiger partial charge >= 0.3 is 0 Å². The van der Waals surface area contributed by atoms with Crippen LogP contribution < -0.4 is 3.11 Å². The van der Waals surface area contributed by atoms with Crippen LogP contribution in [0.4, 0.5) is 11.4 Å². The van der Waals surface area contributed by atoms with Crippen molar-refractivity contribution in [1.82, 2.24) is 0 Å². The van der Waals surface area contributed by atoms with Crippen LogP contribution in [-0.2, 0) is 5.41 Å². The third-order valence-electron chi connectivity index (χ3n) is 5.05. The lowest BCUT2D eigenvalue weighted by molar-refractivity contribution is 0.660. The van der Waals surface area contributed by atoms with Gasteiger partial charge in [-0.25, -0.2) is 0 Å². The van der Waals surface area contributed by atoms with Gasteiger partial charge < -0.3 is 0 Å². The van der Waals surface area contributed by atoms with Gasteiger partial charge in [-0.15, -0.1) is 0 Å². The van der Waals surface area contributed by atoms with Crippen molar-refractivity contribution in [2.75, 3.05) is 3.11 Å². The van der Waals surface area contributed by atoms with Gasteiger partial charge in [-0.05, 0) is 53.4 Å². The second kappa shape index (κ2) is 5.62. The highest BCUT2D eigenvalue weighted by atomic mass is 127. The van der Waals surface area contributed by atoms with Crippen molar-refractivity contribution < 1.29 is 0 Å². The third-order valence-corrected chi connectivity index (χ3v) is 6.17. The zero-order valence-electron chi connectivity index (χ0n) is 14.2. The molecule has 0 aromatic heterocycles. The molecule has 0 heterocycles. The molecule has 0 bridgehead atoms. The summed E-state index contributed by atoms with van der Waals surface area (Å²) >= 11 is 2.40. The number of nitrogens with zero attached hydrogens (tertiary/aromatic N) is 1. The molecule has 0 saturated heterocycles. The summed E-state index contributed by atoms with van der Waals surface area (Å²) in [5.74, 6) is 0. The van der Waals surface area contributed by atoms with Gasteiger partial charge in [0.05, 0.1) is 34.2 Å². The van der Waals surface area contributed by atoms with Crippen LogP contribution in [0.15, 0.2) is 66.7 Å². The molecule has 3 aromatic carbocycles. The van der Waals surface area contributed by atoms with Crippen molar-refractivity contribution in [1.29, 1.82) is 0 Å². The van der Waals surface area contributed by atoms with Gasteiger partial charge in [-0.1, -0.05) is 61.9 Å². The van der Waals surface area contributed by atoms with Crippen LogP contribution in [0, 0.1) is 6.92 Å². The van der Waals surface area contributed by atoms with Gasteiger partial charge in [0.25, 0.3) is 0 Å². The second-order valence-electron chi connectivity index (χ2n) is 7.02. The molecule has 0 amide bonds. The van der Waals surface area contributed by atoms with E-state index in [1.807, 2.05) is 0 Å². The fourth-order valence-electron chi connectivity index (χ4n) is 3.64. The Kier molecular flexibility index (Phi) is 3.68. The highest BCUT2D eigenvalue weighted by Gasteiger charge is 2.35. The van der Waals surface area contributed by atoms with E-state index in [0.29, 0.717) is 0 Å². The van der Waals surface area contributed by atoms with Crippen LogP contribution in [0.3, 0.4) is 0 Å². The van der Waals surface area contributed by atoms with Crippen LogP contribution >= 0.6 is 22.9 Å². The Balaban J connectivity index is 1.80. The molecule has 120 valence electrons. The molecule has 2 heteroatoms. The van der Waals surface area contributed by atoms with Crippen molar-refractivity contribution in [2.45, 2.75) is 26.2 Å². The normalized spacial score (nSPS) is 14.2. The Labute approximate surface area is 157 Å². The molecule has 0 spiro atoms. The Morgan fingerprint density at radius 2 is 1.38 bits per heavy atom. The Morgan fingerprint density at radius 1 is 0.750 bits per heavy atom. The molecule has 0 fully saturated rings. The summed E-state index contributed by atoms with van der Waals surface area (Å²) < 4.78 is 2.23. The molecule has 1 aliphatic rings. The summed E-state index contributed by atoms with van der Waals surface area (Å²) in [4.78, 5) is 0. The van der Waals surface area contributed by atoms with Crippen LogP contribution in [0.2, 0.25) is 0 Å². The summed E-state index contributed by atoms with van der Waals surface area (Å²) in [7, 11) is 0. The molecular formula is C22H20IN. The maximum absolute atomic E-state index is 2.40. The van der Waals surface area contributed by atoms with Crippen molar-refractivity contribution >= 4 is 34.2 Å². The zero-order chi connectivity index (χ0) is 16.9. The highest BCUT2D eigenvalue weighted by molar-refractivity contribution is 14.1. The predicted molar refractivity (Wildman–Crippen MR) is 111 cm³/mol. The van der Waals surface area contributed by atoms with Gasteiger partial charge in [0.2, 0.25) is 0 Å². The average molecular weight is 425 g/mol. The Morgan fingerprint density at radius 3 is 2.12 bits per heavy atom. The molecule has 1 aliphatic carbocycles. The summed E-state index contributed by atoms with van der Waals surface area (Å²) in [5, 5.41) is 0. The predicted octanol–water partition coefficient (Wildman–Crippen LogP) is 6.79. The lowest BCUT2D eigenvalue weighted by Crippen LogP contribution is -2.15. The maximum atomic E-state index is 2.40. The number of hydrogen-bond donors (Lipinski definition) is 0. The molecular weight excluding hydrogens is 405 g/mol. The Hall–Kier alpha value is -1.81. The smallest absolute Gasteiger partial charge is 0.0646 e.